The van der Waals surface area contributed by atoms with E-state index >= 15 is 0 Å². The molecule has 20 heavy (non-hydrogen) atoms. The minimum absolute atomic E-state index is 0.0325. The number of amides is 2. The standard InChI is InChI=1S/C13H19N3O4/c1-8-11(9(2)20-15-8)7-14-13(19)16(10-3-4-10)6-5-12(17)18/h10H,3-7H2,1-2H3,(H,14,19)(H,17,18). The number of urea groups is 1. The van der Waals surface area contributed by atoms with E-state index in [1.54, 1.807) is 11.8 Å². The van der Waals surface area contributed by atoms with Crippen LogP contribution in [0.25, 0.3) is 0 Å². The van der Waals surface area contributed by atoms with Gasteiger partial charge in [-0.1, -0.05) is 5.16 Å². The number of aliphatic carboxylic acids is 1. The Labute approximate surface area is 116 Å². The molecule has 0 saturated heterocycles. The third-order valence-corrected chi connectivity index (χ3v) is 3.41. The number of rotatable bonds is 6. The van der Waals surface area contributed by atoms with Crippen LogP contribution in [-0.4, -0.2) is 39.8 Å². The van der Waals surface area contributed by atoms with Crippen molar-refractivity contribution in [1.82, 2.24) is 15.4 Å². The van der Waals surface area contributed by atoms with E-state index in [0.717, 1.165) is 24.1 Å². The molecule has 1 saturated carbocycles. The SMILES string of the molecule is Cc1noc(C)c1CNC(=O)N(CCC(=O)O)C1CC1. The second-order valence-electron chi connectivity index (χ2n) is 5.03. The monoisotopic (exact) mass is 281 g/mol. The number of carboxylic acids is 1. The summed E-state index contributed by atoms with van der Waals surface area (Å²) < 4.78 is 5.03. The minimum Gasteiger partial charge on any atom is -0.481 e. The fourth-order valence-electron chi connectivity index (χ4n) is 2.07. The topological polar surface area (TPSA) is 95.7 Å². The zero-order chi connectivity index (χ0) is 14.7. The number of aromatic nitrogens is 1. The molecule has 7 heteroatoms. The number of nitrogens with one attached hydrogen (secondary N) is 1. The highest BCUT2D eigenvalue weighted by Gasteiger charge is 2.32. The molecular formula is C13H19N3O4. The van der Waals surface area contributed by atoms with Gasteiger partial charge < -0.3 is 19.8 Å². The van der Waals surface area contributed by atoms with E-state index in [4.69, 9.17) is 9.63 Å². The molecule has 1 aliphatic carbocycles. The molecule has 2 N–H and O–H groups in total. The van der Waals surface area contributed by atoms with Gasteiger partial charge in [-0.05, 0) is 26.7 Å². The van der Waals surface area contributed by atoms with Crippen molar-refractivity contribution >= 4 is 12.0 Å². The van der Waals surface area contributed by atoms with Crippen LogP contribution >= 0.6 is 0 Å². The third kappa shape index (κ3) is 3.49. The zero-order valence-corrected chi connectivity index (χ0v) is 11.7. The van der Waals surface area contributed by atoms with Crippen LogP contribution in [0.5, 0.6) is 0 Å². The van der Waals surface area contributed by atoms with Gasteiger partial charge in [0.2, 0.25) is 0 Å². The van der Waals surface area contributed by atoms with Crippen LogP contribution in [0.2, 0.25) is 0 Å². The van der Waals surface area contributed by atoms with Gasteiger partial charge in [-0.3, -0.25) is 4.79 Å². The quantitative estimate of drug-likeness (QED) is 0.822. The van der Waals surface area contributed by atoms with Gasteiger partial charge in [0.15, 0.2) is 0 Å². The fourth-order valence-corrected chi connectivity index (χ4v) is 2.07. The highest BCUT2D eigenvalue weighted by atomic mass is 16.5. The summed E-state index contributed by atoms with van der Waals surface area (Å²) in [4.78, 5) is 24.4. The molecule has 0 aromatic carbocycles. The first-order valence-electron chi connectivity index (χ1n) is 6.67. The van der Waals surface area contributed by atoms with Crippen molar-refractivity contribution in [3.63, 3.8) is 0 Å². The second kappa shape index (κ2) is 5.94. The van der Waals surface area contributed by atoms with Gasteiger partial charge in [0, 0.05) is 24.7 Å². The molecule has 1 aromatic heterocycles. The molecule has 1 heterocycles. The first-order chi connectivity index (χ1) is 9.49. The number of hydrogen-bond acceptors (Lipinski definition) is 4. The Bertz CT molecular complexity index is 488. The van der Waals surface area contributed by atoms with E-state index in [-0.39, 0.29) is 25.0 Å². The predicted octanol–water partition coefficient (Wildman–Crippen LogP) is 1.44. The molecular weight excluding hydrogens is 262 g/mol. The van der Waals surface area contributed by atoms with Crippen molar-refractivity contribution in [3.05, 3.63) is 17.0 Å². The molecule has 7 nitrogen and oxygen atoms in total. The summed E-state index contributed by atoms with van der Waals surface area (Å²) in [6, 6.07) is -0.0484. The molecule has 0 aliphatic heterocycles. The highest BCUT2D eigenvalue weighted by molar-refractivity contribution is 5.76. The summed E-state index contributed by atoms with van der Waals surface area (Å²) in [7, 11) is 0. The number of carbonyl (C=O) groups is 2. The van der Waals surface area contributed by atoms with Crippen LogP contribution in [0, 0.1) is 13.8 Å². The lowest BCUT2D eigenvalue weighted by Gasteiger charge is -2.22. The molecule has 1 aromatic rings. The Morgan fingerprint density at radius 2 is 2.15 bits per heavy atom. The largest absolute Gasteiger partial charge is 0.481 e. The molecule has 2 amide bonds. The Hall–Kier alpha value is -2.05. The molecule has 1 fully saturated rings. The van der Waals surface area contributed by atoms with E-state index in [9.17, 15) is 9.59 Å². The molecule has 110 valence electrons. The average molecular weight is 281 g/mol. The number of aryl methyl sites for hydroxylation is 2. The molecule has 0 atom stereocenters. The average Bonchev–Trinajstić information content (AvgIpc) is 3.16. The number of nitrogens with zero attached hydrogens (tertiary/aromatic N) is 2. The maximum Gasteiger partial charge on any atom is 0.317 e. The first kappa shape index (κ1) is 14.4. The van der Waals surface area contributed by atoms with Crippen molar-refractivity contribution in [1.29, 1.82) is 0 Å². The second-order valence-corrected chi connectivity index (χ2v) is 5.03. The summed E-state index contributed by atoms with van der Waals surface area (Å²) in [5.74, 6) is -0.208. The summed E-state index contributed by atoms with van der Waals surface area (Å²) in [6.45, 7) is 4.20. The summed E-state index contributed by atoms with van der Waals surface area (Å²) in [5, 5.41) is 15.4. The van der Waals surface area contributed by atoms with Crippen LogP contribution in [0.4, 0.5) is 4.79 Å². The molecule has 1 aliphatic rings. The smallest absolute Gasteiger partial charge is 0.317 e. The number of carbonyl (C=O) groups excluding carboxylic acids is 1. The van der Waals surface area contributed by atoms with Gasteiger partial charge in [-0.25, -0.2) is 4.79 Å². The van der Waals surface area contributed by atoms with E-state index in [2.05, 4.69) is 10.5 Å². The van der Waals surface area contributed by atoms with Crippen LogP contribution in [0.15, 0.2) is 4.52 Å². The van der Waals surface area contributed by atoms with Gasteiger partial charge in [-0.15, -0.1) is 0 Å². The Morgan fingerprint density at radius 3 is 2.65 bits per heavy atom. The Morgan fingerprint density at radius 1 is 1.45 bits per heavy atom. The lowest BCUT2D eigenvalue weighted by atomic mass is 10.2. The van der Waals surface area contributed by atoms with Gasteiger partial charge in [0.25, 0.3) is 0 Å². The van der Waals surface area contributed by atoms with E-state index in [1.807, 2.05) is 6.92 Å². The van der Waals surface area contributed by atoms with Gasteiger partial charge in [0.05, 0.1) is 12.1 Å². The van der Waals surface area contributed by atoms with E-state index < -0.39 is 5.97 Å². The van der Waals surface area contributed by atoms with Gasteiger partial charge >= 0.3 is 12.0 Å². The molecule has 0 bridgehead atoms. The Balaban J connectivity index is 1.90. The van der Waals surface area contributed by atoms with Gasteiger partial charge in [0.1, 0.15) is 5.76 Å². The molecule has 0 spiro atoms. The van der Waals surface area contributed by atoms with Crippen molar-refractivity contribution in [2.75, 3.05) is 6.54 Å². The van der Waals surface area contributed by atoms with Crippen LogP contribution in [0.3, 0.4) is 0 Å². The Kier molecular flexibility index (Phi) is 4.26. The lowest BCUT2D eigenvalue weighted by Crippen LogP contribution is -2.42. The third-order valence-electron chi connectivity index (χ3n) is 3.41. The maximum atomic E-state index is 12.1. The maximum absolute atomic E-state index is 12.1. The lowest BCUT2D eigenvalue weighted by molar-refractivity contribution is -0.137. The number of hydrogen-bond donors (Lipinski definition) is 2. The summed E-state index contributed by atoms with van der Waals surface area (Å²) in [5.41, 5.74) is 1.62. The number of carboxylic acid groups (broad SMARTS) is 1. The molecule has 0 unspecified atom stereocenters. The van der Waals surface area contributed by atoms with Crippen molar-refractivity contribution in [2.45, 2.75) is 45.7 Å². The summed E-state index contributed by atoms with van der Waals surface area (Å²) >= 11 is 0. The normalized spacial score (nSPS) is 14.1. The van der Waals surface area contributed by atoms with E-state index in [0.29, 0.717) is 12.3 Å². The van der Waals surface area contributed by atoms with Crippen LogP contribution in [0.1, 0.15) is 36.3 Å². The van der Waals surface area contributed by atoms with Crippen LogP contribution in [-0.2, 0) is 11.3 Å². The van der Waals surface area contributed by atoms with Gasteiger partial charge in [-0.2, -0.15) is 0 Å². The zero-order valence-electron chi connectivity index (χ0n) is 11.7. The highest BCUT2D eigenvalue weighted by Crippen LogP contribution is 2.27. The molecule has 0 radical (unpaired) electrons. The molecule has 2 rings (SSSR count). The predicted molar refractivity (Wildman–Crippen MR) is 70.2 cm³/mol. The van der Waals surface area contributed by atoms with Crippen molar-refractivity contribution in [3.8, 4) is 0 Å². The van der Waals surface area contributed by atoms with Crippen molar-refractivity contribution < 1.29 is 19.2 Å². The van der Waals surface area contributed by atoms with E-state index in [1.165, 1.54) is 0 Å². The fraction of sp³-hybridized carbons (Fsp3) is 0.615. The van der Waals surface area contributed by atoms with Crippen molar-refractivity contribution in [2.24, 2.45) is 0 Å². The first-order valence-corrected chi connectivity index (χ1v) is 6.67. The van der Waals surface area contributed by atoms with Crippen LogP contribution < -0.4 is 5.32 Å². The summed E-state index contributed by atoms with van der Waals surface area (Å²) in [6.07, 6.45) is 1.85. The minimum atomic E-state index is -0.894.